The van der Waals surface area contributed by atoms with Gasteiger partial charge in [0.25, 0.3) is 11.8 Å². The van der Waals surface area contributed by atoms with Gasteiger partial charge in [-0.3, -0.25) is 19.3 Å². The van der Waals surface area contributed by atoms with Gasteiger partial charge in [-0.05, 0) is 18.6 Å². The van der Waals surface area contributed by atoms with Gasteiger partial charge in [-0.25, -0.2) is 0 Å². The standard InChI is InChI=1S/C21H30N4O7/c22-6-8-30-10-12-32-13-11-31-9-7-23-15-3-1-2-14-18(15)21(29)25(20(14)28)16-4-5-17(26)24-19(16)27/h1-3,16,19,23,27H,4-13,22H2,(H,24,26). The molecule has 5 N–H and O–H groups in total. The lowest BCUT2D eigenvalue weighted by Gasteiger charge is -2.33. The summed E-state index contributed by atoms with van der Waals surface area (Å²) in [6.07, 6.45) is -0.920. The van der Waals surface area contributed by atoms with Gasteiger partial charge in [0, 0.05) is 25.2 Å². The zero-order valence-electron chi connectivity index (χ0n) is 17.9. The summed E-state index contributed by atoms with van der Waals surface area (Å²) in [4.78, 5) is 38.4. The molecule has 2 atom stereocenters. The first-order valence-electron chi connectivity index (χ1n) is 10.7. The fourth-order valence-electron chi connectivity index (χ4n) is 3.68. The number of carbonyl (C=O) groups excluding carboxylic acids is 3. The van der Waals surface area contributed by atoms with E-state index in [1.54, 1.807) is 18.2 Å². The molecular weight excluding hydrogens is 420 g/mol. The first-order chi connectivity index (χ1) is 15.5. The number of piperidine rings is 1. The van der Waals surface area contributed by atoms with Crippen LogP contribution in [0.25, 0.3) is 0 Å². The highest BCUT2D eigenvalue weighted by atomic mass is 16.5. The van der Waals surface area contributed by atoms with E-state index in [4.69, 9.17) is 19.9 Å². The maximum absolute atomic E-state index is 13.0. The summed E-state index contributed by atoms with van der Waals surface area (Å²) in [7, 11) is 0. The van der Waals surface area contributed by atoms with Crippen LogP contribution >= 0.6 is 0 Å². The monoisotopic (exact) mass is 450 g/mol. The third kappa shape index (κ3) is 5.81. The Morgan fingerprint density at radius 1 is 1.03 bits per heavy atom. The Labute approximate surface area is 186 Å². The van der Waals surface area contributed by atoms with Gasteiger partial charge in [0.1, 0.15) is 6.23 Å². The number of anilines is 1. The molecule has 1 saturated heterocycles. The summed E-state index contributed by atoms with van der Waals surface area (Å²) in [5.41, 5.74) is 6.38. The van der Waals surface area contributed by atoms with Crippen molar-refractivity contribution in [3.8, 4) is 0 Å². The lowest BCUT2D eigenvalue weighted by atomic mass is 10.0. The largest absolute Gasteiger partial charge is 0.382 e. The molecule has 1 aromatic carbocycles. The highest BCUT2D eigenvalue weighted by molar-refractivity contribution is 6.24. The molecule has 2 heterocycles. The number of aliphatic hydroxyl groups is 1. The number of hydrogen-bond acceptors (Lipinski definition) is 9. The molecule has 11 heteroatoms. The van der Waals surface area contributed by atoms with Crippen LogP contribution in [0.15, 0.2) is 18.2 Å². The lowest BCUT2D eigenvalue weighted by molar-refractivity contribution is -0.129. The summed E-state index contributed by atoms with van der Waals surface area (Å²) < 4.78 is 16.1. The Kier molecular flexibility index (Phi) is 8.94. The van der Waals surface area contributed by atoms with Gasteiger partial charge in [0.2, 0.25) is 5.91 Å². The van der Waals surface area contributed by atoms with Crippen LogP contribution < -0.4 is 16.4 Å². The van der Waals surface area contributed by atoms with Gasteiger partial charge < -0.3 is 35.7 Å². The van der Waals surface area contributed by atoms with Gasteiger partial charge in [-0.2, -0.15) is 0 Å². The smallest absolute Gasteiger partial charge is 0.264 e. The molecule has 32 heavy (non-hydrogen) atoms. The number of rotatable bonds is 13. The molecule has 176 valence electrons. The maximum Gasteiger partial charge on any atom is 0.264 e. The number of imide groups is 1. The summed E-state index contributed by atoms with van der Waals surface area (Å²) >= 11 is 0. The van der Waals surface area contributed by atoms with Gasteiger partial charge in [0.05, 0.1) is 56.8 Å². The van der Waals surface area contributed by atoms with Gasteiger partial charge in [-0.1, -0.05) is 6.07 Å². The van der Waals surface area contributed by atoms with Crippen LogP contribution in [-0.2, 0) is 19.0 Å². The van der Waals surface area contributed by atoms with Gasteiger partial charge in [0.15, 0.2) is 0 Å². The van der Waals surface area contributed by atoms with E-state index < -0.39 is 24.1 Å². The number of nitrogens with two attached hydrogens (primary N) is 1. The zero-order chi connectivity index (χ0) is 22.9. The summed E-state index contributed by atoms with van der Waals surface area (Å²) in [6.45, 7) is 3.64. The number of aliphatic hydroxyl groups excluding tert-OH is 1. The Morgan fingerprint density at radius 3 is 2.41 bits per heavy atom. The molecule has 3 rings (SSSR count). The van der Waals surface area contributed by atoms with Crippen molar-refractivity contribution < 1.29 is 33.7 Å². The maximum atomic E-state index is 13.0. The molecule has 0 aromatic heterocycles. The second-order valence-corrected chi connectivity index (χ2v) is 7.38. The van der Waals surface area contributed by atoms with Crippen molar-refractivity contribution in [1.29, 1.82) is 0 Å². The molecule has 0 spiro atoms. The molecule has 0 bridgehead atoms. The number of amides is 3. The van der Waals surface area contributed by atoms with Crippen LogP contribution in [0.5, 0.6) is 0 Å². The minimum absolute atomic E-state index is 0.141. The first-order valence-corrected chi connectivity index (χ1v) is 10.7. The van der Waals surface area contributed by atoms with Crippen LogP contribution in [-0.4, -0.2) is 92.7 Å². The summed E-state index contributed by atoms with van der Waals surface area (Å²) in [5, 5.41) is 15.7. The molecule has 1 aromatic rings. The van der Waals surface area contributed by atoms with E-state index in [-0.39, 0.29) is 29.9 Å². The second kappa shape index (κ2) is 11.9. The Morgan fingerprint density at radius 2 is 1.72 bits per heavy atom. The van der Waals surface area contributed by atoms with Crippen molar-refractivity contribution in [3.63, 3.8) is 0 Å². The average Bonchev–Trinajstić information content (AvgIpc) is 3.03. The normalized spacial score (nSPS) is 20.4. The molecule has 2 aliphatic rings. The number of nitrogens with zero attached hydrogens (tertiary/aromatic N) is 1. The van der Waals surface area contributed by atoms with Crippen LogP contribution in [0.4, 0.5) is 5.69 Å². The molecule has 0 saturated carbocycles. The van der Waals surface area contributed by atoms with Crippen molar-refractivity contribution in [3.05, 3.63) is 29.3 Å². The van der Waals surface area contributed by atoms with E-state index >= 15 is 0 Å². The van der Waals surface area contributed by atoms with E-state index in [0.29, 0.717) is 58.4 Å². The zero-order valence-corrected chi connectivity index (χ0v) is 17.9. The minimum Gasteiger partial charge on any atom is -0.382 e. The Bertz CT molecular complexity index is 819. The number of nitrogens with one attached hydrogen (secondary N) is 2. The predicted octanol–water partition coefficient (Wildman–Crippen LogP) is -0.700. The molecule has 0 radical (unpaired) electrons. The van der Waals surface area contributed by atoms with Crippen molar-refractivity contribution in [2.24, 2.45) is 5.73 Å². The van der Waals surface area contributed by atoms with Crippen LogP contribution in [0.1, 0.15) is 33.6 Å². The molecule has 3 amide bonds. The summed E-state index contributed by atoms with van der Waals surface area (Å²) in [6, 6.07) is 4.20. The quantitative estimate of drug-likeness (QED) is 0.226. The number of benzene rings is 1. The number of hydrogen-bond donors (Lipinski definition) is 4. The molecule has 2 aliphatic heterocycles. The van der Waals surface area contributed by atoms with Crippen molar-refractivity contribution >= 4 is 23.4 Å². The highest BCUT2D eigenvalue weighted by Crippen LogP contribution is 2.32. The van der Waals surface area contributed by atoms with E-state index in [1.807, 2.05) is 0 Å². The molecule has 2 unspecified atom stereocenters. The van der Waals surface area contributed by atoms with Crippen molar-refractivity contribution in [1.82, 2.24) is 10.2 Å². The fraction of sp³-hybridized carbons (Fsp3) is 0.571. The lowest BCUT2D eigenvalue weighted by Crippen LogP contribution is -2.57. The number of ether oxygens (including phenoxy) is 3. The highest BCUT2D eigenvalue weighted by Gasteiger charge is 2.45. The average molecular weight is 450 g/mol. The van der Waals surface area contributed by atoms with E-state index in [1.165, 1.54) is 0 Å². The Hall–Kier alpha value is -2.57. The molecule has 1 fully saturated rings. The third-order valence-electron chi connectivity index (χ3n) is 5.19. The van der Waals surface area contributed by atoms with Crippen LogP contribution in [0, 0.1) is 0 Å². The SMILES string of the molecule is NCCOCCOCCOCCNc1cccc2c1C(=O)N(C1CCC(=O)NC1O)C2=O. The first kappa shape index (κ1) is 24.1. The fourth-order valence-corrected chi connectivity index (χ4v) is 3.68. The molecule has 11 nitrogen and oxygen atoms in total. The number of fused-ring (bicyclic) bond motifs is 1. The van der Waals surface area contributed by atoms with E-state index in [0.717, 1.165) is 4.90 Å². The predicted molar refractivity (Wildman–Crippen MR) is 114 cm³/mol. The summed E-state index contributed by atoms with van der Waals surface area (Å²) in [5.74, 6) is -1.27. The Balaban J connectivity index is 1.46. The third-order valence-corrected chi connectivity index (χ3v) is 5.19. The topological polar surface area (TPSA) is 152 Å². The van der Waals surface area contributed by atoms with Gasteiger partial charge >= 0.3 is 0 Å². The molecular formula is C21H30N4O7. The second-order valence-electron chi connectivity index (χ2n) is 7.38. The van der Waals surface area contributed by atoms with Crippen molar-refractivity contribution in [2.75, 3.05) is 58.0 Å². The number of carbonyl (C=O) groups is 3. The van der Waals surface area contributed by atoms with Crippen molar-refractivity contribution in [2.45, 2.75) is 25.1 Å². The van der Waals surface area contributed by atoms with Crippen LogP contribution in [0.3, 0.4) is 0 Å². The molecule has 0 aliphatic carbocycles. The minimum atomic E-state index is -1.28. The van der Waals surface area contributed by atoms with Crippen LogP contribution in [0.2, 0.25) is 0 Å². The van der Waals surface area contributed by atoms with Gasteiger partial charge in [-0.15, -0.1) is 0 Å². The van der Waals surface area contributed by atoms with E-state index in [2.05, 4.69) is 10.6 Å². The van der Waals surface area contributed by atoms with E-state index in [9.17, 15) is 19.5 Å².